The topological polar surface area (TPSA) is 21.3 Å². The minimum Gasteiger partial charge on any atom is -0.494 e. The Morgan fingerprint density at radius 1 is 1.22 bits per heavy atom. The second-order valence-electron chi connectivity index (χ2n) is 5.49. The summed E-state index contributed by atoms with van der Waals surface area (Å²) in [6.07, 6.45) is 5.10. The van der Waals surface area contributed by atoms with E-state index in [1.54, 1.807) is 0 Å². The van der Waals surface area contributed by atoms with Crippen molar-refractivity contribution in [2.45, 2.75) is 52.1 Å². The van der Waals surface area contributed by atoms with Crippen molar-refractivity contribution in [3.63, 3.8) is 0 Å². The Hall–Kier alpha value is -1.02. The number of ether oxygens (including phenoxy) is 1. The molecule has 2 unspecified atom stereocenters. The van der Waals surface area contributed by atoms with Crippen molar-refractivity contribution in [2.24, 2.45) is 5.92 Å². The first kappa shape index (κ1) is 13.4. The molecule has 1 saturated carbocycles. The molecule has 2 nitrogen and oxygen atoms in total. The van der Waals surface area contributed by atoms with Gasteiger partial charge in [-0.15, -0.1) is 0 Å². The fourth-order valence-electron chi connectivity index (χ4n) is 2.58. The SMILES string of the molecule is CCCOc1ccc(CNC2CCC(C)C2)cc1. The Kier molecular flexibility index (Phi) is 5.06. The molecule has 0 spiro atoms. The summed E-state index contributed by atoms with van der Waals surface area (Å²) in [5, 5.41) is 3.65. The molecular formula is C16H25NO. The van der Waals surface area contributed by atoms with Crippen LogP contribution in [-0.4, -0.2) is 12.6 Å². The number of hydrogen-bond donors (Lipinski definition) is 1. The summed E-state index contributed by atoms with van der Waals surface area (Å²) in [6, 6.07) is 9.19. The van der Waals surface area contributed by atoms with Crippen LogP contribution >= 0.6 is 0 Å². The van der Waals surface area contributed by atoms with Crippen molar-refractivity contribution < 1.29 is 4.74 Å². The van der Waals surface area contributed by atoms with E-state index in [0.29, 0.717) is 0 Å². The van der Waals surface area contributed by atoms with Crippen LogP contribution in [0.25, 0.3) is 0 Å². The predicted molar refractivity (Wildman–Crippen MR) is 75.9 cm³/mol. The Morgan fingerprint density at radius 2 is 2.00 bits per heavy atom. The third kappa shape index (κ3) is 4.02. The highest BCUT2D eigenvalue weighted by molar-refractivity contribution is 5.27. The van der Waals surface area contributed by atoms with Gasteiger partial charge in [0, 0.05) is 12.6 Å². The van der Waals surface area contributed by atoms with Crippen LogP contribution in [0, 0.1) is 5.92 Å². The highest BCUT2D eigenvalue weighted by Gasteiger charge is 2.20. The fourth-order valence-corrected chi connectivity index (χ4v) is 2.58. The van der Waals surface area contributed by atoms with Gasteiger partial charge in [-0.25, -0.2) is 0 Å². The molecule has 1 aliphatic carbocycles. The summed E-state index contributed by atoms with van der Waals surface area (Å²) in [5.74, 6) is 1.88. The van der Waals surface area contributed by atoms with E-state index in [9.17, 15) is 0 Å². The number of nitrogens with one attached hydrogen (secondary N) is 1. The first-order valence-corrected chi connectivity index (χ1v) is 7.23. The van der Waals surface area contributed by atoms with E-state index in [0.717, 1.165) is 37.3 Å². The van der Waals surface area contributed by atoms with Gasteiger partial charge in [0.15, 0.2) is 0 Å². The maximum Gasteiger partial charge on any atom is 0.119 e. The van der Waals surface area contributed by atoms with E-state index in [4.69, 9.17) is 4.74 Å². The Morgan fingerprint density at radius 3 is 2.61 bits per heavy atom. The molecule has 1 N–H and O–H groups in total. The van der Waals surface area contributed by atoms with E-state index in [1.807, 2.05) is 0 Å². The molecule has 100 valence electrons. The van der Waals surface area contributed by atoms with Crippen LogP contribution in [0.1, 0.15) is 45.1 Å². The molecule has 0 aliphatic heterocycles. The zero-order valence-electron chi connectivity index (χ0n) is 11.6. The van der Waals surface area contributed by atoms with Crippen LogP contribution in [-0.2, 0) is 6.54 Å². The fraction of sp³-hybridized carbons (Fsp3) is 0.625. The average molecular weight is 247 g/mol. The molecule has 0 bridgehead atoms. The van der Waals surface area contributed by atoms with Gasteiger partial charge in [-0.1, -0.05) is 26.0 Å². The standard InChI is InChI=1S/C16H25NO/c1-3-10-18-16-8-5-14(6-9-16)12-17-15-7-4-13(2)11-15/h5-6,8-9,13,15,17H,3-4,7,10-12H2,1-2H3. The maximum atomic E-state index is 5.58. The van der Waals surface area contributed by atoms with Gasteiger partial charge in [0.25, 0.3) is 0 Å². The quantitative estimate of drug-likeness (QED) is 0.826. The molecule has 0 aromatic heterocycles. The predicted octanol–water partition coefficient (Wildman–Crippen LogP) is 3.75. The van der Waals surface area contributed by atoms with E-state index >= 15 is 0 Å². The number of rotatable bonds is 6. The van der Waals surface area contributed by atoms with Gasteiger partial charge in [0.1, 0.15) is 5.75 Å². The van der Waals surface area contributed by atoms with Gasteiger partial charge >= 0.3 is 0 Å². The molecule has 2 rings (SSSR count). The number of hydrogen-bond acceptors (Lipinski definition) is 2. The largest absolute Gasteiger partial charge is 0.494 e. The number of benzene rings is 1. The first-order valence-electron chi connectivity index (χ1n) is 7.23. The second-order valence-corrected chi connectivity index (χ2v) is 5.49. The molecule has 0 saturated heterocycles. The highest BCUT2D eigenvalue weighted by atomic mass is 16.5. The molecule has 0 heterocycles. The molecular weight excluding hydrogens is 222 g/mol. The zero-order chi connectivity index (χ0) is 12.8. The lowest BCUT2D eigenvalue weighted by molar-refractivity contribution is 0.317. The van der Waals surface area contributed by atoms with E-state index < -0.39 is 0 Å². The van der Waals surface area contributed by atoms with Crippen molar-refractivity contribution >= 4 is 0 Å². The maximum absolute atomic E-state index is 5.58. The summed E-state index contributed by atoms with van der Waals surface area (Å²) in [5.41, 5.74) is 1.35. The summed E-state index contributed by atoms with van der Waals surface area (Å²) in [7, 11) is 0. The van der Waals surface area contributed by atoms with Crippen LogP contribution in [0.3, 0.4) is 0 Å². The lowest BCUT2D eigenvalue weighted by Crippen LogP contribution is -2.25. The summed E-state index contributed by atoms with van der Waals surface area (Å²) >= 11 is 0. The summed E-state index contributed by atoms with van der Waals surface area (Å²) in [4.78, 5) is 0. The van der Waals surface area contributed by atoms with Crippen molar-refractivity contribution in [2.75, 3.05) is 6.61 Å². The smallest absolute Gasteiger partial charge is 0.119 e. The van der Waals surface area contributed by atoms with Crippen molar-refractivity contribution in [3.05, 3.63) is 29.8 Å². The van der Waals surface area contributed by atoms with Crippen LogP contribution in [0.5, 0.6) is 5.75 Å². The van der Waals surface area contributed by atoms with Gasteiger partial charge in [-0.3, -0.25) is 0 Å². The third-order valence-corrected chi connectivity index (χ3v) is 3.69. The lowest BCUT2D eigenvalue weighted by atomic mass is 10.1. The molecule has 0 radical (unpaired) electrons. The molecule has 0 amide bonds. The minimum atomic E-state index is 0.719. The van der Waals surface area contributed by atoms with Gasteiger partial charge in [-0.05, 0) is 49.3 Å². The Labute approximate surface area is 111 Å². The average Bonchev–Trinajstić information content (AvgIpc) is 2.81. The van der Waals surface area contributed by atoms with Crippen molar-refractivity contribution in [3.8, 4) is 5.75 Å². The second kappa shape index (κ2) is 6.79. The van der Waals surface area contributed by atoms with E-state index in [-0.39, 0.29) is 0 Å². The van der Waals surface area contributed by atoms with Crippen LogP contribution < -0.4 is 10.1 Å². The van der Waals surface area contributed by atoms with Crippen LogP contribution in [0.4, 0.5) is 0 Å². The first-order chi connectivity index (χ1) is 8.78. The molecule has 1 aliphatic rings. The molecule has 18 heavy (non-hydrogen) atoms. The molecule has 1 fully saturated rings. The Balaban J connectivity index is 1.76. The van der Waals surface area contributed by atoms with Gasteiger partial charge in [-0.2, -0.15) is 0 Å². The minimum absolute atomic E-state index is 0.719. The van der Waals surface area contributed by atoms with Crippen LogP contribution in [0.2, 0.25) is 0 Å². The summed E-state index contributed by atoms with van der Waals surface area (Å²) < 4.78 is 5.58. The normalized spacial score (nSPS) is 23.2. The molecule has 2 atom stereocenters. The lowest BCUT2D eigenvalue weighted by Gasteiger charge is -2.12. The zero-order valence-corrected chi connectivity index (χ0v) is 11.6. The monoisotopic (exact) mass is 247 g/mol. The van der Waals surface area contributed by atoms with Crippen LogP contribution in [0.15, 0.2) is 24.3 Å². The molecule has 2 heteroatoms. The third-order valence-electron chi connectivity index (χ3n) is 3.69. The molecule has 1 aromatic rings. The van der Waals surface area contributed by atoms with Gasteiger partial charge in [0.2, 0.25) is 0 Å². The molecule has 1 aromatic carbocycles. The van der Waals surface area contributed by atoms with E-state index in [1.165, 1.54) is 24.8 Å². The van der Waals surface area contributed by atoms with E-state index in [2.05, 4.69) is 43.4 Å². The highest BCUT2D eigenvalue weighted by Crippen LogP contribution is 2.24. The van der Waals surface area contributed by atoms with Gasteiger partial charge < -0.3 is 10.1 Å². The summed E-state index contributed by atoms with van der Waals surface area (Å²) in [6.45, 7) is 6.26. The Bertz CT molecular complexity index is 347. The van der Waals surface area contributed by atoms with Gasteiger partial charge in [0.05, 0.1) is 6.61 Å². The van der Waals surface area contributed by atoms with Crippen molar-refractivity contribution in [1.29, 1.82) is 0 Å². The van der Waals surface area contributed by atoms with Crippen molar-refractivity contribution in [1.82, 2.24) is 5.32 Å².